The predicted octanol–water partition coefficient (Wildman–Crippen LogP) is 3.31. The van der Waals surface area contributed by atoms with E-state index in [9.17, 15) is 0 Å². The third-order valence-electron chi connectivity index (χ3n) is 5.17. The van der Waals surface area contributed by atoms with Crippen molar-refractivity contribution in [2.45, 2.75) is 39.3 Å². The van der Waals surface area contributed by atoms with Gasteiger partial charge in [0, 0.05) is 32.1 Å². The van der Waals surface area contributed by atoms with Gasteiger partial charge in [-0.3, -0.25) is 9.89 Å². The number of aryl methyl sites for hydroxylation is 1. The van der Waals surface area contributed by atoms with Gasteiger partial charge in [-0.1, -0.05) is 43.7 Å². The Morgan fingerprint density at radius 2 is 2.07 bits per heavy atom. The van der Waals surface area contributed by atoms with Crippen LogP contribution in [-0.4, -0.2) is 55.7 Å². The summed E-state index contributed by atoms with van der Waals surface area (Å²) in [6.45, 7) is 11.4. The van der Waals surface area contributed by atoms with Gasteiger partial charge in [-0.05, 0) is 18.4 Å². The van der Waals surface area contributed by atoms with Crippen molar-refractivity contribution in [2.24, 2.45) is 4.99 Å². The molecule has 2 N–H and O–H groups in total. The Kier molecular flexibility index (Phi) is 8.03. The lowest BCUT2D eigenvalue weighted by Crippen LogP contribution is -2.46. The number of rotatable bonds is 7. The molecule has 29 heavy (non-hydrogen) atoms. The maximum absolute atomic E-state index is 5.56. The van der Waals surface area contributed by atoms with Crippen LogP contribution in [0.3, 0.4) is 0 Å². The fourth-order valence-electron chi connectivity index (χ4n) is 3.47. The lowest BCUT2D eigenvalue weighted by atomic mass is 10.0. The highest BCUT2D eigenvalue weighted by Crippen LogP contribution is 2.22. The molecule has 3 rings (SSSR count). The monoisotopic (exact) mass is 415 g/mol. The number of nitrogens with zero attached hydrogens (tertiary/aromatic N) is 3. The highest BCUT2D eigenvalue weighted by Gasteiger charge is 2.23. The molecule has 1 aliphatic heterocycles. The summed E-state index contributed by atoms with van der Waals surface area (Å²) >= 11 is 1.70. The summed E-state index contributed by atoms with van der Waals surface area (Å²) in [7, 11) is 1.81. The number of hydrogen-bond donors (Lipinski definition) is 2. The number of guanidine groups is 1. The van der Waals surface area contributed by atoms with Gasteiger partial charge in [-0.15, -0.1) is 11.3 Å². The van der Waals surface area contributed by atoms with Crippen LogP contribution in [-0.2, 0) is 11.3 Å². The van der Waals surface area contributed by atoms with E-state index in [4.69, 9.17) is 9.72 Å². The van der Waals surface area contributed by atoms with Gasteiger partial charge in [0.25, 0.3) is 0 Å². The number of thiazole rings is 1. The second-order valence-electron chi connectivity index (χ2n) is 7.71. The maximum Gasteiger partial charge on any atom is 0.191 e. The Labute approximate surface area is 178 Å². The first-order valence-electron chi connectivity index (χ1n) is 10.3. The van der Waals surface area contributed by atoms with E-state index >= 15 is 0 Å². The van der Waals surface area contributed by atoms with Crippen LogP contribution in [0.25, 0.3) is 0 Å². The van der Waals surface area contributed by atoms with Gasteiger partial charge < -0.3 is 15.4 Å². The van der Waals surface area contributed by atoms with Crippen molar-refractivity contribution in [3.63, 3.8) is 0 Å². The first-order valence-corrected chi connectivity index (χ1v) is 11.2. The molecular weight excluding hydrogens is 382 g/mol. The van der Waals surface area contributed by atoms with E-state index in [1.54, 1.807) is 11.3 Å². The van der Waals surface area contributed by atoms with Gasteiger partial charge in [0.1, 0.15) is 5.01 Å². The number of aliphatic imine (C=N–C) groups is 1. The van der Waals surface area contributed by atoms with E-state index in [0.29, 0.717) is 12.5 Å². The zero-order valence-electron chi connectivity index (χ0n) is 17.9. The van der Waals surface area contributed by atoms with Crippen LogP contribution in [0.4, 0.5) is 0 Å². The molecule has 1 aromatic carbocycles. The molecule has 0 spiro atoms. The average Bonchev–Trinajstić information content (AvgIpc) is 3.21. The molecule has 0 radical (unpaired) electrons. The van der Waals surface area contributed by atoms with Crippen LogP contribution in [0.2, 0.25) is 0 Å². The van der Waals surface area contributed by atoms with Gasteiger partial charge in [0.15, 0.2) is 5.96 Å². The summed E-state index contributed by atoms with van der Waals surface area (Å²) in [6, 6.07) is 9.06. The normalized spacial score (nSPS) is 16.8. The minimum atomic E-state index is 0.282. The molecule has 0 aliphatic carbocycles. The molecule has 1 aromatic heterocycles. The molecular formula is C22H33N5OS. The van der Waals surface area contributed by atoms with Crippen molar-refractivity contribution in [3.05, 3.63) is 51.5 Å². The smallest absolute Gasteiger partial charge is 0.191 e. The van der Waals surface area contributed by atoms with Crippen LogP contribution in [0.15, 0.2) is 34.6 Å². The van der Waals surface area contributed by atoms with Crippen LogP contribution in [0.5, 0.6) is 0 Å². The number of hydrogen-bond acceptors (Lipinski definition) is 5. The molecule has 7 heteroatoms. The molecule has 1 fully saturated rings. The summed E-state index contributed by atoms with van der Waals surface area (Å²) in [5.74, 6) is 1.26. The van der Waals surface area contributed by atoms with Crippen molar-refractivity contribution < 1.29 is 4.74 Å². The summed E-state index contributed by atoms with van der Waals surface area (Å²) in [5.41, 5.74) is 3.77. The summed E-state index contributed by atoms with van der Waals surface area (Å²) in [5, 5.41) is 10.1. The van der Waals surface area contributed by atoms with Gasteiger partial charge in [-0.2, -0.15) is 0 Å². The predicted molar refractivity (Wildman–Crippen MR) is 121 cm³/mol. The first kappa shape index (κ1) is 21.7. The molecule has 0 bridgehead atoms. The Morgan fingerprint density at radius 1 is 1.28 bits per heavy atom. The fourth-order valence-corrected chi connectivity index (χ4v) is 4.36. The van der Waals surface area contributed by atoms with Crippen LogP contribution >= 0.6 is 11.3 Å². The zero-order valence-corrected chi connectivity index (χ0v) is 18.8. The molecule has 6 nitrogen and oxygen atoms in total. The highest BCUT2D eigenvalue weighted by atomic mass is 32.1. The minimum Gasteiger partial charge on any atom is -0.379 e. The molecule has 0 saturated carbocycles. The van der Waals surface area contributed by atoms with E-state index in [-0.39, 0.29) is 6.04 Å². The fraction of sp³-hybridized carbons (Fsp3) is 0.545. The third kappa shape index (κ3) is 6.26. The topological polar surface area (TPSA) is 61.8 Å². The first-order chi connectivity index (χ1) is 14.1. The number of ether oxygens (including phenoxy) is 1. The summed E-state index contributed by atoms with van der Waals surface area (Å²) in [4.78, 5) is 11.6. The standard InChI is InChI=1S/C22H33N5OS/c1-16(2)19-15-29-21(26-19)14-25-22(23-4)24-13-20(27-8-10-28-11-9-27)18-7-5-6-17(3)12-18/h5-7,12,15-16,20H,8-11,13-14H2,1-4H3,(H2,23,24,25). The highest BCUT2D eigenvalue weighted by molar-refractivity contribution is 7.09. The Bertz CT molecular complexity index is 798. The third-order valence-corrected chi connectivity index (χ3v) is 6.03. The lowest BCUT2D eigenvalue weighted by molar-refractivity contribution is 0.0170. The van der Waals surface area contributed by atoms with E-state index in [0.717, 1.165) is 49.5 Å². The largest absolute Gasteiger partial charge is 0.379 e. The number of benzene rings is 1. The van der Waals surface area contributed by atoms with Crippen molar-refractivity contribution in [2.75, 3.05) is 39.9 Å². The Hall–Kier alpha value is -1.96. The number of aromatic nitrogens is 1. The molecule has 0 amide bonds. The van der Waals surface area contributed by atoms with Crippen LogP contribution < -0.4 is 10.6 Å². The van der Waals surface area contributed by atoms with Crippen molar-refractivity contribution in [1.82, 2.24) is 20.5 Å². The Balaban J connectivity index is 1.61. The van der Waals surface area contributed by atoms with Crippen molar-refractivity contribution in [1.29, 1.82) is 0 Å². The quantitative estimate of drug-likeness (QED) is 0.537. The van der Waals surface area contributed by atoms with Crippen LogP contribution in [0.1, 0.15) is 47.6 Å². The van der Waals surface area contributed by atoms with E-state index in [1.807, 2.05) is 7.05 Å². The molecule has 1 saturated heterocycles. The molecule has 2 aromatic rings. The van der Waals surface area contributed by atoms with Gasteiger partial charge in [0.05, 0.1) is 31.5 Å². The van der Waals surface area contributed by atoms with Crippen molar-refractivity contribution in [3.8, 4) is 0 Å². The molecule has 1 atom stereocenters. The second kappa shape index (κ2) is 10.7. The second-order valence-corrected chi connectivity index (χ2v) is 8.65. The molecule has 2 heterocycles. The minimum absolute atomic E-state index is 0.282. The molecule has 1 unspecified atom stereocenters. The van der Waals surface area contributed by atoms with Gasteiger partial charge in [0.2, 0.25) is 0 Å². The summed E-state index contributed by atoms with van der Waals surface area (Å²) < 4.78 is 5.56. The lowest BCUT2D eigenvalue weighted by Gasteiger charge is -2.35. The molecule has 158 valence electrons. The van der Waals surface area contributed by atoms with Crippen molar-refractivity contribution >= 4 is 17.3 Å². The van der Waals surface area contributed by atoms with Crippen LogP contribution in [0, 0.1) is 6.92 Å². The van der Waals surface area contributed by atoms with E-state index < -0.39 is 0 Å². The SMILES string of the molecule is CN=C(NCc1nc(C(C)C)cs1)NCC(c1cccc(C)c1)N1CCOCC1. The molecule has 1 aliphatic rings. The average molecular weight is 416 g/mol. The maximum atomic E-state index is 5.56. The van der Waals surface area contributed by atoms with Gasteiger partial charge in [-0.25, -0.2) is 4.98 Å². The van der Waals surface area contributed by atoms with E-state index in [1.165, 1.54) is 11.1 Å². The van der Waals surface area contributed by atoms with Gasteiger partial charge >= 0.3 is 0 Å². The number of morpholine rings is 1. The Morgan fingerprint density at radius 3 is 2.72 bits per heavy atom. The number of nitrogens with one attached hydrogen (secondary N) is 2. The zero-order chi connectivity index (χ0) is 20.6. The van der Waals surface area contributed by atoms with E-state index in [2.05, 4.69) is 70.9 Å². The summed E-state index contributed by atoms with van der Waals surface area (Å²) in [6.07, 6.45) is 0.